The van der Waals surface area contributed by atoms with Crippen LogP contribution >= 0.6 is 11.8 Å². The molecule has 1 aromatic carbocycles. The first-order chi connectivity index (χ1) is 12.0. The van der Waals surface area contributed by atoms with Gasteiger partial charge in [-0.05, 0) is 52.8 Å². The standard InChI is InChI=1S/C18H25N5OS/c1-13(2)15-6-8-16(9-7-15)23-18(19-20-21-23)25-12-17(24)22-10-4-5-14(3)11-22/h6-9,13-14H,4-5,10-12H2,1-3H3/t14-/m0/s1. The minimum atomic E-state index is 0.168. The highest BCUT2D eigenvalue weighted by molar-refractivity contribution is 7.99. The van der Waals surface area contributed by atoms with E-state index in [-0.39, 0.29) is 5.91 Å². The highest BCUT2D eigenvalue weighted by atomic mass is 32.2. The van der Waals surface area contributed by atoms with Crippen LogP contribution in [0.3, 0.4) is 0 Å². The number of carbonyl (C=O) groups is 1. The molecule has 1 fully saturated rings. The molecule has 2 aromatic rings. The lowest BCUT2D eigenvalue weighted by Crippen LogP contribution is -2.40. The molecule has 6 nitrogen and oxygen atoms in total. The maximum atomic E-state index is 12.4. The quantitative estimate of drug-likeness (QED) is 0.768. The number of thioether (sulfide) groups is 1. The van der Waals surface area contributed by atoms with Gasteiger partial charge >= 0.3 is 0 Å². The van der Waals surface area contributed by atoms with E-state index in [4.69, 9.17) is 0 Å². The lowest BCUT2D eigenvalue weighted by Gasteiger charge is -2.30. The Balaban J connectivity index is 1.64. The third-order valence-corrected chi connectivity index (χ3v) is 5.48. The first kappa shape index (κ1) is 17.9. The van der Waals surface area contributed by atoms with Crippen molar-refractivity contribution in [2.75, 3.05) is 18.8 Å². The zero-order valence-electron chi connectivity index (χ0n) is 15.1. The van der Waals surface area contributed by atoms with Crippen molar-refractivity contribution in [1.82, 2.24) is 25.1 Å². The maximum absolute atomic E-state index is 12.4. The number of tetrazole rings is 1. The highest BCUT2D eigenvalue weighted by Crippen LogP contribution is 2.22. The van der Waals surface area contributed by atoms with Crippen molar-refractivity contribution in [3.63, 3.8) is 0 Å². The lowest BCUT2D eigenvalue weighted by molar-refractivity contribution is -0.130. The van der Waals surface area contributed by atoms with Crippen molar-refractivity contribution in [1.29, 1.82) is 0 Å². The van der Waals surface area contributed by atoms with Gasteiger partial charge in [0.25, 0.3) is 0 Å². The van der Waals surface area contributed by atoms with Gasteiger partial charge in [0.1, 0.15) is 0 Å². The van der Waals surface area contributed by atoms with Crippen LogP contribution in [0.5, 0.6) is 0 Å². The van der Waals surface area contributed by atoms with Crippen LogP contribution in [0.1, 0.15) is 45.1 Å². The van der Waals surface area contributed by atoms with Crippen LogP contribution in [0, 0.1) is 5.92 Å². The second kappa shape index (κ2) is 7.99. The monoisotopic (exact) mass is 359 g/mol. The van der Waals surface area contributed by atoms with Gasteiger partial charge in [-0.25, -0.2) is 0 Å². The van der Waals surface area contributed by atoms with E-state index in [1.807, 2.05) is 17.0 Å². The molecule has 2 heterocycles. The van der Waals surface area contributed by atoms with Crippen LogP contribution in [0.2, 0.25) is 0 Å². The number of piperidine rings is 1. The Morgan fingerprint density at radius 3 is 2.76 bits per heavy atom. The fourth-order valence-electron chi connectivity index (χ4n) is 3.06. The van der Waals surface area contributed by atoms with Crippen LogP contribution in [-0.2, 0) is 4.79 Å². The third-order valence-electron chi connectivity index (χ3n) is 4.58. The fraction of sp³-hybridized carbons (Fsp3) is 0.556. The van der Waals surface area contributed by atoms with Gasteiger partial charge in [0.15, 0.2) is 0 Å². The van der Waals surface area contributed by atoms with E-state index in [0.717, 1.165) is 25.2 Å². The molecule has 1 aliphatic rings. The molecule has 0 radical (unpaired) electrons. The fourth-order valence-corrected chi connectivity index (χ4v) is 3.86. The Morgan fingerprint density at radius 1 is 1.32 bits per heavy atom. The van der Waals surface area contributed by atoms with Crippen molar-refractivity contribution in [3.8, 4) is 5.69 Å². The molecule has 0 unspecified atom stereocenters. The van der Waals surface area contributed by atoms with Crippen molar-refractivity contribution in [2.24, 2.45) is 5.92 Å². The molecule has 0 spiro atoms. The van der Waals surface area contributed by atoms with E-state index in [0.29, 0.717) is 22.7 Å². The van der Waals surface area contributed by atoms with Gasteiger partial charge in [-0.3, -0.25) is 4.79 Å². The summed E-state index contributed by atoms with van der Waals surface area (Å²) in [4.78, 5) is 14.4. The summed E-state index contributed by atoms with van der Waals surface area (Å²) in [7, 11) is 0. The van der Waals surface area contributed by atoms with Crippen LogP contribution in [0.15, 0.2) is 29.4 Å². The van der Waals surface area contributed by atoms with Gasteiger partial charge in [0.2, 0.25) is 11.1 Å². The average molecular weight is 359 g/mol. The molecule has 3 rings (SSSR count). The molecule has 0 aliphatic carbocycles. The van der Waals surface area contributed by atoms with Crippen LogP contribution < -0.4 is 0 Å². The molecular weight excluding hydrogens is 334 g/mol. The highest BCUT2D eigenvalue weighted by Gasteiger charge is 2.21. The van der Waals surface area contributed by atoms with Gasteiger partial charge < -0.3 is 4.90 Å². The second-order valence-corrected chi connectivity index (χ2v) is 7.94. The van der Waals surface area contributed by atoms with Gasteiger partial charge in [0.05, 0.1) is 11.4 Å². The lowest BCUT2D eigenvalue weighted by atomic mass is 10.0. The Morgan fingerprint density at radius 2 is 2.08 bits per heavy atom. The zero-order chi connectivity index (χ0) is 17.8. The summed E-state index contributed by atoms with van der Waals surface area (Å²) in [6.45, 7) is 8.26. The Hall–Kier alpha value is -1.89. The summed E-state index contributed by atoms with van der Waals surface area (Å²) >= 11 is 1.40. The summed E-state index contributed by atoms with van der Waals surface area (Å²) in [5.41, 5.74) is 2.19. The van der Waals surface area contributed by atoms with Crippen LogP contribution in [0.4, 0.5) is 0 Å². The Labute approximate surface area is 153 Å². The largest absolute Gasteiger partial charge is 0.342 e. The molecule has 1 amide bonds. The summed E-state index contributed by atoms with van der Waals surface area (Å²) in [5.74, 6) is 1.62. The molecule has 0 saturated carbocycles. The van der Waals surface area contributed by atoms with E-state index in [1.165, 1.54) is 23.7 Å². The number of likely N-dealkylation sites (tertiary alicyclic amines) is 1. The topological polar surface area (TPSA) is 63.9 Å². The molecular formula is C18H25N5OS. The summed E-state index contributed by atoms with van der Waals surface area (Å²) in [5, 5.41) is 12.6. The first-order valence-electron chi connectivity index (χ1n) is 8.84. The van der Waals surface area contributed by atoms with Crippen molar-refractivity contribution in [2.45, 2.75) is 44.7 Å². The number of rotatable bonds is 5. The molecule has 7 heteroatoms. The number of hydrogen-bond acceptors (Lipinski definition) is 5. The van der Waals surface area contributed by atoms with Crippen LogP contribution in [-0.4, -0.2) is 49.9 Å². The number of nitrogens with zero attached hydrogens (tertiary/aromatic N) is 5. The van der Waals surface area contributed by atoms with Crippen molar-refractivity contribution < 1.29 is 4.79 Å². The summed E-state index contributed by atoms with van der Waals surface area (Å²) in [6, 6.07) is 8.22. The molecule has 1 aromatic heterocycles. The number of hydrogen-bond donors (Lipinski definition) is 0. The molecule has 1 aliphatic heterocycles. The maximum Gasteiger partial charge on any atom is 0.233 e. The number of carbonyl (C=O) groups excluding carboxylic acids is 1. The van der Waals surface area contributed by atoms with Crippen LogP contribution in [0.25, 0.3) is 5.69 Å². The Bertz CT molecular complexity index is 713. The summed E-state index contributed by atoms with van der Waals surface area (Å²) < 4.78 is 1.70. The van der Waals surface area contributed by atoms with Gasteiger partial charge in [-0.15, -0.1) is 5.10 Å². The smallest absolute Gasteiger partial charge is 0.233 e. The minimum Gasteiger partial charge on any atom is -0.342 e. The van der Waals surface area contributed by atoms with E-state index in [9.17, 15) is 4.79 Å². The van der Waals surface area contributed by atoms with Crippen molar-refractivity contribution >= 4 is 17.7 Å². The van der Waals surface area contributed by atoms with Crippen molar-refractivity contribution in [3.05, 3.63) is 29.8 Å². The number of aromatic nitrogens is 4. The third kappa shape index (κ3) is 4.39. The molecule has 1 saturated heterocycles. The number of benzene rings is 1. The minimum absolute atomic E-state index is 0.168. The van der Waals surface area contributed by atoms with Gasteiger partial charge in [-0.2, -0.15) is 4.68 Å². The molecule has 25 heavy (non-hydrogen) atoms. The van der Waals surface area contributed by atoms with E-state index < -0.39 is 0 Å². The molecule has 1 atom stereocenters. The normalized spacial score (nSPS) is 17.9. The molecule has 0 N–H and O–H groups in total. The van der Waals surface area contributed by atoms with E-state index >= 15 is 0 Å². The molecule has 134 valence electrons. The zero-order valence-corrected chi connectivity index (χ0v) is 15.9. The predicted molar refractivity (Wildman–Crippen MR) is 98.9 cm³/mol. The predicted octanol–water partition coefficient (Wildman–Crippen LogP) is 3.14. The SMILES string of the molecule is CC(C)c1ccc(-n2nnnc2SCC(=O)N2CCC[C@H](C)C2)cc1. The number of amides is 1. The molecule has 0 bridgehead atoms. The Kier molecular flexibility index (Phi) is 5.73. The average Bonchev–Trinajstić information content (AvgIpc) is 3.08. The van der Waals surface area contributed by atoms with E-state index in [1.54, 1.807) is 4.68 Å². The van der Waals surface area contributed by atoms with Gasteiger partial charge in [0, 0.05) is 13.1 Å². The van der Waals surface area contributed by atoms with Gasteiger partial charge in [-0.1, -0.05) is 44.7 Å². The second-order valence-electron chi connectivity index (χ2n) is 7.00. The first-order valence-corrected chi connectivity index (χ1v) is 9.82. The summed E-state index contributed by atoms with van der Waals surface area (Å²) in [6.07, 6.45) is 2.30. The van der Waals surface area contributed by atoms with E-state index in [2.05, 4.69) is 48.4 Å².